The van der Waals surface area contributed by atoms with Gasteiger partial charge in [0.05, 0.1) is 13.2 Å². The molecule has 1 fully saturated rings. The lowest BCUT2D eigenvalue weighted by atomic mass is 9.93. The number of nitrogens with zero attached hydrogens (tertiary/aromatic N) is 1. The van der Waals surface area contributed by atoms with Crippen LogP contribution in [0.3, 0.4) is 0 Å². The lowest BCUT2D eigenvalue weighted by Gasteiger charge is -2.26. The summed E-state index contributed by atoms with van der Waals surface area (Å²) in [6, 6.07) is 16.0. The second-order valence-corrected chi connectivity index (χ2v) is 6.69. The largest absolute Gasteiger partial charge is 0.378 e. The molecule has 1 saturated heterocycles. The van der Waals surface area contributed by atoms with Crippen LogP contribution in [-0.4, -0.2) is 37.1 Å². The van der Waals surface area contributed by atoms with E-state index in [1.807, 2.05) is 29.2 Å². The Kier molecular flexibility index (Phi) is 5.54. The van der Waals surface area contributed by atoms with Gasteiger partial charge in [-0.1, -0.05) is 42.8 Å². The number of amides is 1. The average molecular weight is 344 g/mol. The van der Waals surface area contributed by atoms with Crippen LogP contribution in [0.1, 0.15) is 34.3 Å². The fourth-order valence-electron chi connectivity index (χ4n) is 3.00. The van der Waals surface area contributed by atoms with Crippen molar-refractivity contribution in [2.75, 3.05) is 26.3 Å². The molecular formula is C20H22ClNO2. The first-order valence-corrected chi connectivity index (χ1v) is 8.73. The molecule has 0 radical (unpaired) electrons. The van der Waals surface area contributed by atoms with E-state index in [1.165, 1.54) is 11.1 Å². The van der Waals surface area contributed by atoms with Gasteiger partial charge in [0, 0.05) is 23.7 Å². The lowest BCUT2D eigenvalue weighted by Crippen LogP contribution is -2.40. The van der Waals surface area contributed by atoms with Crippen LogP contribution in [0.5, 0.6) is 0 Å². The van der Waals surface area contributed by atoms with Crippen molar-refractivity contribution in [2.45, 2.75) is 19.3 Å². The van der Waals surface area contributed by atoms with Crippen molar-refractivity contribution in [1.29, 1.82) is 0 Å². The van der Waals surface area contributed by atoms with Gasteiger partial charge in [-0.3, -0.25) is 4.79 Å². The quantitative estimate of drug-likeness (QED) is 0.834. The molecule has 2 aromatic rings. The first kappa shape index (κ1) is 17.0. The van der Waals surface area contributed by atoms with Crippen molar-refractivity contribution in [3.05, 3.63) is 70.2 Å². The lowest BCUT2D eigenvalue weighted by molar-refractivity contribution is 0.0303. The van der Waals surface area contributed by atoms with Crippen LogP contribution in [0, 0.1) is 0 Å². The summed E-state index contributed by atoms with van der Waals surface area (Å²) in [4.78, 5) is 14.3. The number of carbonyl (C=O) groups excluding carboxylic acids is 1. The summed E-state index contributed by atoms with van der Waals surface area (Å²) in [5.74, 6) is 0.499. The fourth-order valence-corrected chi connectivity index (χ4v) is 3.12. The third kappa shape index (κ3) is 4.16. The summed E-state index contributed by atoms with van der Waals surface area (Å²) in [5.41, 5.74) is 3.25. The van der Waals surface area contributed by atoms with Crippen LogP contribution < -0.4 is 0 Å². The maximum Gasteiger partial charge on any atom is 0.254 e. The molecular weight excluding hydrogens is 322 g/mol. The summed E-state index contributed by atoms with van der Waals surface area (Å²) in [6.07, 6.45) is 0.938. The minimum atomic E-state index is 0.0931. The van der Waals surface area contributed by atoms with Crippen LogP contribution in [0.25, 0.3) is 0 Å². The second-order valence-electron chi connectivity index (χ2n) is 6.26. The summed E-state index contributed by atoms with van der Waals surface area (Å²) in [7, 11) is 0. The summed E-state index contributed by atoms with van der Waals surface area (Å²) in [5, 5.41) is 0.761. The molecule has 24 heavy (non-hydrogen) atoms. The Bertz CT molecular complexity index is 676. The third-order valence-corrected chi connectivity index (χ3v) is 4.73. The van der Waals surface area contributed by atoms with E-state index in [2.05, 4.69) is 31.2 Å². The van der Waals surface area contributed by atoms with Gasteiger partial charge in [0.1, 0.15) is 0 Å². The Labute approximate surface area is 148 Å². The molecule has 3 nitrogen and oxygen atoms in total. The van der Waals surface area contributed by atoms with Crippen molar-refractivity contribution < 1.29 is 9.53 Å². The molecule has 0 N–H and O–H groups in total. The number of morpholine rings is 1. The van der Waals surface area contributed by atoms with E-state index in [0.717, 1.165) is 17.0 Å². The predicted octanol–water partition coefficient (Wildman–Crippen LogP) is 4.16. The highest BCUT2D eigenvalue weighted by molar-refractivity contribution is 6.30. The molecule has 1 amide bonds. The second kappa shape index (κ2) is 7.82. The van der Waals surface area contributed by atoms with E-state index < -0.39 is 0 Å². The molecule has 0 bridgehead atoms. The third-order valence-electron chi connectivity index (χ3n) is 4.48. The van der Waals surface area contributed by atoms with E-state index in [0.29, 0.717) is 32.2 Å². The van der Waals surface area contributed by atoms with Crippen LogP contribution in [0.2, 0.25) is 5.02 Å². The first-order valence-electron chi connectivity index (χ1n) is 8.35. The van der Waals surface area contributed by atoms with Gasteiger partial charge in [-0.25, -0.2) is 0 Å². The Morgan fingerprint density at radius 1 is 1.08 bits per heavy atom. The molecule has 0 aromatic heterocycles. The number of rotatable bonds is 4. The van der Waals surface area contributed by atoms with Gasteiger partial charge in [-0.2, -0.15) is 0 Å². The Morgan fingerprint density at radius 3 is 2.33 bits per heavy atom. The summed E-state index contributed by atoms with van der Waals surface area (Å²) >= 11 is 5.94. The Morgan fingerprint density at radius 2 is 1.71 bits per heavy atom. The number of hydrogen-bond acceptors (Lipinski definition) is 2. The normalized spacial score (nSPS) is 16.0. The summed E-state index contributed by atoms with van der Waals surface area (Å²) in [6.45, 7) is 4.81. The minimum absolute atomic E-state index is 0.0931. The maximum absolute atomic E-state index is 12.4. The fraction of sp³-hybridized carbons (Fsp3) is 0.350. The molecule has 1 aliphatic heterocycles. The smallest absolute Gasteiger partial charge is 0.254 e. The molecule has 3 rings (SSSR count). The SMILES string of the molecule is CC(Cc1ccc(C(=O)N2CCOCC2)cc1)c1ccc(Cl)cc1. The predicted molar refractivity (Wildman–Crippen MR) is 96.7 cm³/mol. The molecule has 1 heterocycles. The van der Waals surface area contributed by atoms with Crippen LogP contribution in [0.4, 0.5) is 0 Å². The van der Waals surface area contributed by atoms with Crippen molar-refractivity contribution in [1.82, 2.24) is 4.90 Å². The topological polar surface area (TPSA) is 29.5 Å². The van der Waals surface area contributed by atoms with Gasteiger partial charge in [0.2, 0.25) is 0 Å². The molecule has 4 heteroatoms. The van der Waals surface area contributed by atoms with Crippen LogP contribution in [0.15, 0.2) is 48.5 Å². The van der Waals surface area contributed by atoms with Crippen LogP contribution >= 0.6 is 11.6 Å². The van der Waals surface area contributed by atoms with E-state index in [4.69, 9.17) is 16.3 Å². The highest BCUT2D eigenvalue weighted by atomic mass is 35.5. The van der Waals surface area contributed by atoms with E-state index in [9.17, 15) is 4.79 Å². The highest BCUT2D eigenvalue weighted by Crippen LogP contribution is 2.22. The van der Waals surface area contributed by atoms with Gasteiger partial charge in [0.15, 0.2) is 0 Å². The Hall–Kier alpha value is -1.84. The minimum Gasteiger partial charge on any atom is -0.378 e. The monoisotopic (exact) mass is 343 g/mol. The molecule has 1 unspecified atom stereocenters. The first-order chi connectivity index (χ1) is 11.6. The molecule has 2 aromatic carbocycles. The zero-order valence-electron chi connectivity index (χ0n) is 13.9. The van der Waals surface area contributed by atoms with Crippen molar-refractivity contribution in [3.63, 3.8) is 0 Å². The number of ether oxygens (including phenoxy) is 1. The van der Waals surface area contributed by atoms with Gasteiger partial charge >= 0.3 is 0 Å². The molecule has 0 spiro atoms. The van der Waals surface area contributed by atoms with Gasteiger partial charge < -0.3 is 9.64 Å². The van der Waals surface area contributed by atoms with Gasteiger partial charge in [-0.05, 0) is 47.7 Å². The van der Waals surface area contributed by atoms with Gasteiger partial charge in [0.25, 0.3) is 5.91 Å². The molecule has 1 atom stereocenters. The van der Waals surface area contributed by atoms with E-state index in [-0.39, 0.29) is 5.91 Å². The number of carbonyl (C=O) groups is 1. The Balaban J connectivity index is 1.63. The highest BCUT2D eigenvalue weighted by Gasteiger charge is 2.18. The van der Waals surface area contributed by atoms with Crippen molar-refractivity contribution >= 4 is 17.5 Å². The number of benzene rings is 2. The van der Waals surface area contributed by atoms with E-state index in [1.54, 1.807) is 0 Å². The molecule has 0 aliphatic carbocycles. The molecule has 0 saturated carbocycles. The van der Waals surface area contributed by atoms with Gasteiger partial charge in [-0.15, -0.1) is 0 Å². The zero-order chi connectivity index (χ0) is 16.9. The van der Waals surface area contributed by atoms with Crippen molar-refractivity contribution in [3.8, 4) is 0 Å². The molecule has 126 valence electrons. The van der Waals surface area contributed by atoms with Crippen LogP contribution in [-0.2, 0) is 11.2 Å². The number of hydrogen-bond donors (Lipinski definition) is 0. The van der Waals surface area contributed by atoms with Crippen molar-refractivity contribution in [2.24, 2.45) is 0 Å². The number of halogens is 1. The maximum atomic E-state index is 12.4. The summed E-state index contributed by atoms with van der Waals surface area (Å²) < 4.78 is 5.30. The standard InChI is InChI=1S/C20H22ClNO2/c1-15(17-6-8-19(21)9-7-17)14-16-2-4-18(5-3-16)20(23)22-10-12-24-13-11-22/h2-9,15H,10-14H2,1H3. The van der Waals surface area contributed by atoms with E-state index >= 15 is 0 Å². The zero-order valence-corrected chi connectivity index (χ0v) is 14.6. The molecule has 1 aliphatic rings. The average Bonchev–Trinajstić information content (AvgIpc) is 2.63.